The van der Waals surface area contributed by atoms with E-state index in [0.29, 0.717) is 0 Å². The van der Waals surface area contributed by atoms with Gasteiger partial charge in [-0.05, 0) is 35.8 Å². The van der Waals surface area contributed by atoms with Crippen molar-refractivity contribution < 1.29 is 0 Å². The van der Waals surface area contributed by atoms with Crippen LogP contribution in [0.15, 0.2) is 24.3 Å². The molecule has 0 bridgehead atoms. The Morgan fingerprint density at radius 2 is 1.71 bits per heavy atom. The maximum atomic E-state index is 6.72. The predicted octanol–water partition coefficient (Wildman–Crippen LogP) is 4.33. The monoisotopic (exact) mass is 226 g/mol. The van der Waals surface area contributed by atoms with E-state index in [1.165, 1.54) is 30.4 Å². The zero-order chi connectivity index (χ0) is 12.5. The molecular weight excluding hydrogens is 203 g/mol. The highest BCUT2D eigenvalue weighted by Gasteiger charge is 2.37. The van der Waals surface area contributed by atoms with Gasteiger partial charge in [-0.2, -0.15) is 0 Å². The fraction of sp³-hybridized carbons (Fsp3) is 0.625. The largest absolute Gasteiger partial charge is 0.0757 e. The fourth-order valence-electron chi connectivity index (χ4n) is 2.80. The van der Waals surface area contributed by atoms with Crippen molar-refractivity contribution in [1.29, 1.82) is 0 Å². The number of fused-ring (bicyclic) bond motifs is 1. The van der Waals surface area contributed by atoms with Crippen LogP contribution in [0.3, 0.4) is 0 Å². The third-order valence-electron chi connectivity index (χ3n) is 4.44. The highest BCUT2D eigenvalue weighted by Crippen LogP contribution is 2.50. The summed E-state index contributed by atoms with van der Waals surface area (Å²) in [7, 11) is 6.72. The van der Waals surface area contributed by atoms with Crippen molar-refractivity contribution in [2.24, 2.45) is 5.41 Å². The molecule has 0 fully saturated rings. The van der Waals surface area contributed by atoms with Crippen LogP contribution in [0.1, 0.15) is 51.2 Å². The lowest BCUT2D eigenvalue weighted by Gasteiger charge is -2.44. The first-order chi connectivity index (χ1) is 7.92. The first kappa shape index (κ1) is 12.7. The van der Waals surface area contributed by atoms with Gasteiger partial charge in [-0.1, -0.05) is 63.2 Å². The van der Waals surface area contributed by atoms with Gasteiger partial charge < -0.3 is 0 Å². The first-order valence-corrected chi connectivity index (χ1v) is 6.78. The van der Waals surface area contributed by atoms with E-state index in [1.807, 2.05) is 0 Å². The molecule has 0 nitrogen and oxygen atoms in total. The maximum Gasteiger partial charge on any atom is 0.0757 e. The quantitative estimate of drug-likeness (QED) is 0.577. The third-order valence-corrected chi connectivity index (χ3v) is 4.44. The Morgan fingerprint density at radius 1 is 1.06 bits per heavy atom. The SMILES string of the molecule is [B]C1(C(C)(C)C)CCCCc2ccccc2C1. The molecule has 1 heteroatoms. The van der Waals surface area contributed by atoms with Gasteiger partial charge >= 0.3 is 0 Å². The molecule has 0 amide bonds. The van der Waals surface area contributed by atoms with Crippen molar-refractivity contribution in [2.75, 3.05) is 0 Å². The summed E-state index contributed by atoms with van der Waals surface area (Å²) in [5.74, 6) is 0. The van der Waals surface area contributed by atoms with E-state index in [-0.39, 0.29) is 10.7 Å². The standard InChI is InChI=1S/C16H23B/c1-15(2,3)16(17)11-7-6-9-13-8-4-5-10-14(13)12-16/h4-5,8,10H,6-7,9,11-12H2,1-3H3. The molecule has 0 aromatic heterocycles. The smallest absolute Gasteiger partial charge is 0.0620 e. The zero-order valence-corrected chi connectivity index (χ0v) is 11.4. The molecule has 1 aliphatic rings. The highest BCUT2D eigenvalue weighted by atomic mass is 14.4. The van der Waals surface area contributed by atoms with E-state index in [1.54, 1.807) is 0 Å². The molecule has 0 N–H and O–H groups in total. The van der Waals surface area contributed by atoms with Crippen LogP contribution in [0.25, 0.3) is 0 Å². The molecule has 0 aliphatic heterocycles. The van der Waals surface area contributed by atoms with Gasteiger partial charge in [0.1, 0.15) is 0 Å². The van der Waals surface area contributed by atoms with Crippen molar-refractivity contribution in [1.82, 2.24) is 0 Å². The van der Waals surface area contributed by atoms with Gasteiger partial charge in [-0.15, -0.1) is 0 Å². The minimum atomic E-state index is -0.0659. The van der Waals surface area contributed by atoms with Gasteiger partial charge in [0.05, 0.1) is 7.85 Å². The molecule has 90 valence electrons. The van der Waals surface area contributed by atoms with Crippen LogP contribution < -0.4 is 0 Å². The predicted molar refractivity (Wildman–Crippen MR) is 75.6 cm³/mol. The second-order valence-corrected chi connectivity index (χ2v) is 6.56. The summed E-state index contributed by atoms with van der Waals surface area (Å²) < 4.78 is 0. The Kier molecular flexibility index (Phi) is 3.38. The average Bonchev–Trinajstić information content (AvgIpc) is 2.22. The van der Waals surface area contributed by atoms with Gasteiger partial charge in [0.25, 0.3) is 0 Å². The Morgan fingerprint density at radius 3 is 2.35 bits per heavy atom. The normalized spacial score (nSPS) is 25.8. The van der Waals surface area contributed by atoms with Crippen LogP contribution in [-0.4, -0.2) is 7.85 Å². The summed E-state index contributed by atoms with van der Waals surface area (Å²) >= 11 is 0. The van der Waals surface area contributed by atoms with Crippen molar-refractivity contribution in [3.63, 3.8) is 0 Å². The topological polar surface area (TPSA) is 0 Å². The Hall–Kier alpha value is -0.715. The lowest BCUT2D eigenvalue weighted by atomic mass is 9.49. The zero-order valence-electron chi connectivity index (χ0n) is 11.4. The van der Waals surface area contributed by atoms with Gasteiger partial charge in [-0.25, -0.2) is 0 Å². The average molecular weight is 226 g/mol. The summed E-state index contributed by atoms with van der Waals surface area (Å²) in [6.45, 7) is 6.83. The third kappa shape index (κ3) is 2.59. The fourth-order valence-corrected chi connectivity index (χ4v) is 2.80. The van der Waals surface area contributed by atoms with Gasteiger partial charge in [0.2, 0.25) is 0 Å². The van der Waals surface area contributed by atoms with Crippen LogP contribution in [0.4, 0.5) is 0 Å². The number of benzene rings is 1. The summed E-state index contributed by atoms with van der Waals surface area (Å²) in [6.07, 6.45) is 5.90. The van der Waals surface area contributed by atoms with E-state index < -0.39 is 0 Å². The van der Waals surface area contributed by atoms with E-state index >= 15 is 0 Å². The molecule has 17 heavy (non-hydrogen) atoms. The van der Waals surface area contributed by atoms with Crippen molar-refractivity contribution >= 4 is 7.85 Å². The van der Waals surface area contributed by atoms with Gasteiger partial charge in [0, 0.05) is 0 Å². The minimum absolute atomic E-state index is 0.0659. The number of hydrogen-bond acceptors (Lipinski definition) is 0. The molecule has 0 saturated carbocycles. The van der Waals surface area contributed by atoms with E-state index in [0.717, 1.165) is 12.8 Å². The summed E-state index contributed by atoms with van der Waals surface area (Å²) in [5.41, 5.74) is 3.13. The molecule has 0 saturated heterocycles. The number of aryl methyl sites for hydroxylation is 1. The Bertz CT molecular complexity index is 389. The molecule has 2 radical (unpaired) electrons. The van der Waals surface area contributed by atoms with Crippen molar-refractivity contribution in [3.05, 3.63) is 35.4 Å². The van der Waals surface area contributed by atoms with Gasteiger partial charge in [-0.3, -0.25) is 0 Å². The molecule has 1 atom stereocenters. The summed E-state index contributed by atoms with van der Waals surface area (Å²) in [6, 6.07) is 8.82. The van der Waals surface area contributed by atoms with E-state index in [9.17, 15) is 0 Å². The number of rotatable bonds is 0. The Labute approximate surface area is 107 Å². The lowest BCUT2D eigenvalue weighted by Crippen LogP contribution is -2.32. The first-order valence-electron chi connectivity index (χ1n) is 6.78. The van der Waals surface area contributed by atoms with Crippen LogP contribution in [-0.2, 0) is 12.8 Å². The molecule has 0 heterocycles. The van der Waals surface area contributed by atoms with Crippen molar-refractivity contribution in [2.45, 2.75) is 58.2 Å². The van der Waals surface area contributed by atoms with E-state index in [4.69, 9.17) is 7.85 Å². The molecule has 1 aromatic carbocycles. The van der Waals surface area contributed by atoms with Crippen LogP contribution in [0.2, 0.25) is 5.31 Å². The second-order valence-electron chi connectivity index (χ2n) is 6.56. The van der Waals surface area contributed by atoms with Crippen molar-refractivity contribution in [3.8, 4) is 0 Å². The molecule has 1 aromatic rings. The minimum Gasteiger partial charge on any atom is -0.0620 e. The lowest BCUT2D eigenvalue weighted by molar-refractivity contribution is 0.236. The van der Waals surface area contributed by atoms with E-state index in [2.05, 4.69) is 45.0 Å². The second kappa shape index (κ2) is 4.51. The molecular formula is C16H23B. The maximum absolute atomic E-state index is 6.72. The van der Waals surface area contributed by atoms with Crippen LogP contribution in [0, 0.1) is 5.41 Å². The molecule has 1 aliphatic carbocycles. The molecule has 2 rings (SSSR count). The molecule has 0 spiro atoms. The highest BCUT2D eigenvalue weighted by molar-refractivity contribution is 6.16. The van der Waals surface area contributed by atoms with Gasteiger partial charge in [0.15, 0.2) is 0 Å². The summed E-state index contributed by atoms with van der Waals surface area (Å²) in [5, 5.41) is -0.0659. The van der Waals surface area contributed by atoms with Crippen LogP contribution in [0.5, 0.6) is 0 Å². The summed E-state index contributed by atoms with van der Waals surface area (Å²) in [4.78, 5) is 0. The molecule has 1 unspecified atom stereocenters. The van der Waals surface area contributed by atoms with Crippen LogP contribution >= 0.6 is 0 Å². The Balaban J connectivity index is 2.36. The number of hydrogen-bond donors (Lipinski definition) is 0.